The molecule has 2 aromatic rings. The zero-order chi connectivity index (χ0) is 16.4. The van der Waals surface area contributed by atoms with E-state index in [-0.39, 0.29) is 6.03 Å². The lowest BCUT2D eigenvalue weighted by Gasteiger charge is -2.23. The summed E-state index contributed by atoms with van der Waals surface area (Å²) >= 11 is 5.94. The summed E-state index contributed by atoms with van der Waals surface area (Å²) in [5.41, 5.74) is 3.17. The lowest BCUT2D eigenvalue weighted by molar-refractivity contribution is 0.253. The predicted octanol–water partition coefficient (Wildman–Crippen LogP) is 5.07. The fraction of sp³-hybridized carbons (Fsp3) is 0.111. The van der Waals surface area contributed by atoms with E-state index in [2.05, 4.69) is 5.10 Å². The molecule has 3 rings (SSSR count). The van der Waals surface area contributed by atoms with Gasteiger partial charge in [-0.25, -0.2) is 4.79 Å². The average Bonchev–Trinajstić information content (AvgIpc) is 2.68. The summed E-state index contributed by atoms with van der Waals surface area (Å²) in [6, 6.07) is 16.3. The molecule has 0 fully saturated rings. The highest BCUT2D eigenvalue weighted by molar-refractivity contribution is 6.30. The summed E-state index contributed by atoms with van der Waals surface area (Å²) in [4.78, 5) is 14.6. The number of urea groups is 1. The first-order chi connectivity index (χ1) is 11.1. The molecule has 23 heavy (non-hydrogen) atoms. The average molecular weight is 326 g/mol. The van der Waals surface area contributed by atoms with Crippen molar-refractivity contribution in [3.63, 3.8) is 0 Å². The molecule has 0 unspecified atom stereocenters. The summed E-state index contributed by atoms with van der Waals surface area (Å²) in [5, 5.41) is 6.51. The van der Waals surface area contributed by atoms with Gasteiger partial charge in [0, 0.05) is 11.2 Å². The number of carbonyl (C=O) groups is 1. The van der Waals surface area contributed by atoms with Gasteiger partial charge in [0.15, 0.2) is 0 Å². The SMILES string of the molecule is CC1=CN(c2ccc(Cl)cc2)C(=O)N(c2ccccc2)N=C1C. The van der Waals surface area contributed by atoms with E-state index in [4.69, 9.17) is 11.6 Å². The topological polar surface area (TPSA) is 35.9 Å². The standard InChI is InChI=1S/C18H16ClN3O/c1-13-12-21(16-10-8-15(19)9-11-16)18(23)22(20-14(13)2)17-6-4-3-5-7-17/h3-12H,1-2H3. The van der Waals surface area contributed by atoms with Crippen LogP contribution in [0.15, 0.2) is 71.5 Å². The molecule has 0 bridgehead atoms. The molecule has 1 aliphatic rings. The van der Waals surface area contributed by atoms with Gasteiger partial charge in [0.1, 0.15) is 0 Å². The van der Waals surface area contributed by atoms with Crippen LogP contribution in [0.5, 0.6) is 0 Å². The van der Waals surface area contributed by atoms with Gasteiger partial charge in [0.05, 0.1) is 17.1 Å². The molecule has 1 aliphatic heterocycles. The van der Waals surface area contributed by atoms with Crippen LogP contribution in [0.2, 0.25) is 5.02 Å². The van der Waals surface area contributed by atoms with Crippen molar-refractivity contribution in [2.45, 2.75) is 13.8 Å². The van der Waals surface area contributed by atoms with Crippen molar-refractivity contribution in [2.24, 2.45) is 5.10 Å². The molecule has 0 atom stereocenters. The summed E-state index contributed by atoms with van der Waals surface area (Å²) in [5.74, 6) is 0. The quantitative estimate of drug-likeness (QED) is 0.759. The van der Waals surface area contributed by atoms with Crippen LogP contribution in [0.1, 0.15) is 13.8 Å². The highest BCUT2D eigenvalue weighted by atomic mass is 35.5. The monoisotopic (exact) mass is 325 g/mol. The van der Waals surface area contributed by atoms with Crippen LogP contribution in [-0.4, -0.2) is 11.7 Å². The zero-order valence-corrected chi connectivity index (χ0v) is 13.7. The van der Waals surface area contributed by atoms with Gasteiger partial charge >= 0.3 is 6.03 Å². The molecule has 116 valence electrons. The normalized spacial score (nSPS) is 15.2. The van der Waals surface area contributed by atoms with Crippen molar-refractivity contribution in [1.82, 2.24) is 0 Å². The number of allylic oxidation sites excluding steroid dienone is 1. The van der Waals surface area contributed by atoms with Crippen LogP contribution in [0, 0.1) is 0 Å². The molecule has 0 saturated carbocycles. The van der Waals surface area contributed by atoms with Crippen molar-refractivity contribution in [2.75, 3.05) is 9.91 Å². The fourth-order valence-electron chi connectivity index (χ4n) is 2.24. The Hall–Kier alpha value is -2.59. The lowest BCUT2D eigenvalue weighted by atomic mass is 10.2. The van der Waals surface area contributed by atoms with Crippen LogP contribution in [0.25, 0.3) is 0 Å². The van der Waals surface area contributed by atoms with Crippen LogP contribution in [0.3, 0.4) is 0 Å². The number of hydrazone groups is 1. The molecule has 0 aliphatic carbocycles. The zero-order valence-electron chi connectivity index (χ0n) is 12.9. The molecule has 1 heterocycles. The van der Waals surface area contributed by atoms with Gasteiger partial charge in [-0.15, -0.1) is 0 Å². The van der Waals surface area contributed by atoms with Crippen LogP contribution in [-0.2, 0) is 0 Å². The first kappa shape index (κ1) is 15.3. The van der Waals surface area contributed by atoms with Crippen LogP contribution in [0.4, 0.5) is 16.2 Å². The second-order valence-corrected chi connectivity index (χ2v) is 5.71. The van der Waals surface area contributed by atoms with E-state index in [1.807, 2.05) is 56.3 Å². The molecular weight excluding hydrogens is 310 g/mol. The third-order valence-corrected chi connectivity index (χ3v) is 3.89. The number of halogens is 1. The highest BCUT2D eigenvalue weighted by Crippen LogP contribution is 2.26. The smallest absolute Gasteiger partial charge is 0.268 e. The number of benzene rings is 2. The Morgan fingerprint density at radius 3 is 2.22 bits per heavy atom. The third kappa shape index (κ3) is 3.12. The first-order valence-electron chi connectivity index (χ1n) is 7.24. The number of rotatable bonds is 2. The molecule has 0 N–H and O–H groups in total. The van der Waals surface area contributed by atoms with Crippen molar-refractivity contribution >= 4 is 34.7 Å². The number of anilines is 2. The van der Waals surface area contributed by atoms with Gasteiger partial charge in [0.25, 0.3) is 0 Å². The number of nitrogens with zero attached hydrogens (tertiary/aromatic N) is 3. The highest BCUT2D eigenvalue weighted by Gasteiger charge is 2.25. The Balaban J connectivity index is 2.07. The largest absolute Gasteiger partial charge is 0.353 e. The second kappa shape index (κ2) is 6.26. The minimum absolute atomic E-state index is 0.241. The van der Waals surface area contributed by atoms with E-state index in [1.54, 1.807) is 23.2 Å². The van der Waals surface area contributed by atoms with E-state index in [1.165, 1.54) is 5.01 Å². The summed E-state index contributed by atoms with van der Waals surface area (Å²) in [6.45, 7) is 3.82. The molecule has 0 spiro atoms. The number of hydrogen-bond donors (Lipinski definition) is 0. The minimum atomic E-state index is -0.241. The Bertz CT molecular complexity index is 782. The minimum Gasteiger partial charge on any atom is -0.268 e. The van der Waals surface area contributed by atoms with Gasteiger partial charge in [0.2, 0.25) is 0 Å². The van der Waals surface area contributed by atoms with Gasteiger partial charge in [-0.1, -0.05) is 29.8 Å². The third-order valence-electron chi connectivity index (χ3n) is 3.64. The first-order valence-corrected chi connectivity index (χ1v) is 7.62. The van der Waals surface area contributed by atoms with Gasteiger partial charge in [-0.2, -0.15) is 10.1 Å². The summed E-state index contributed by atoms with van der Waals surface area (Å²) in [6.07, 6.45) is 1.80. The van der Waals surface area contributed by atoms with Crippen molar-refractivity contribution in [3.8, 4) is 0 Å². The Morgan fingerprint density at radius 1 is 0.913 bits per heavy atom. The van der Waals surface area contributed by atoms with E-state index >= 15 is 0 Å². The molecular formula is C18H16ClN3O. The van der Waals surface area contributed by atoms with E-state index in [0.29, 0.717) is 5.02 Å². The predicted molar refractivity (Wildman–Crippen MR) is 95.1 cm³/mol. The fourth-order valence-corrected chi connectivity index (χ4v) is 2.37. The Kier molecular flexibility index (Phi) is 4.17. The van der Waals surface area contributed by atoms with Gasteiger partial charge in [-0.3, -0.25) is 4.90 Å². The molecule has 0 saturated heterocycles. The molecule has 4 nitrogen and oxygen atoms in total. The maximum atomic E-state index is 13.0. The van der Waals surface area contributed by atoms with Crippen molar-refractivity contribution in [1.29, 1.82) is 0 Å². The Labute approximate surface area is 140 Å². The molecule has 2 aromatic carbocycles. The summed E-state index contributed by atoms with van der Waals surface area (Å²) < 4.78 is 0. The lowest BCUT2D eigenvalue weighted by Crippen LogP contribution is -2.36. The van der Waals surface area contributed by atoms with Crippen LogP contribution >= 0.6 is 11.6 Å². The number of amides is 2. The van der Waals surface area contributed by atoms with Crippen molar-refractivity contribution < 1.29 is 4.79 Å². The van der Waals surface area contributed by atoms with E-state index < -0.39 is 0 Å². The maximum Gasteiger partial charge on any atom is 0.353 e. The number of carbonyl (C=O) groups excluding carboxylic acids is 1. The van der Waals surface area contributed by atoms with E-state index in [9.17, 15) is 4.79 Å². The molecule has 2 amide bonds. The van der Waals surface area contributed by atoms with Crippen molar-refractivity contribution in [3.05, 3.63) is 71.4 Å². The van der Waals surface area contributed by atoms with E-state index in [0.717, 1.165) is 22.7 Å². The van der Waals surface area contributed by atoms with Gasteiger partial charge in [-0.05, 0) is 55.8 Å². The van der Waals surface area contributed by atoms with Crippen LogP contribution < -0.4 is 9.91 Å². The number of hydrogen-bond acceptors (Lipinski definition) is 2. The summed E-state index contributed by atoms with van der Waals surface area (Å²) in [7, 11) is 0. The maximum absolute atomic E-state index is 13.0. The number of para-hydroxylation sites is 1. The molecule has 0 radical (unpaired) electrons. The Morgan fingerprint density at radius 2 is 1.57 bits per heavy atom. The molecule has 0 aromatic heterocycles. The second-order valence-electron chi connectivity index (χ2n) is 5.27. The van der Waals surface area contributed by atoms with Gasteiger partial charge < -0.3 is 0 Å². The molecule has 5 heteroatoms.